The Bertz CT molecular complexity index is 587. The molecule has 10 heteroatoms. The molecule has 0 aromatic carbocycles. The second-order valence-electron chi connectivity index (χ2n) is 6.39. The van der Waals surface area contributed by atoms with Crippen LogP contribution in [0.3, 0.4) is 0 Å². The monoisotopic (exact) mass is 356 g/mol. The largest absolute Gasteiger partial charge is 0.511 e. The average molecular weight is 356 g/mol. The van der Waals surface area contributed by atoms with Gasteiger partial charge in [-0.05, 0) is 25.2 Å². The molecule has 6 nitrogen and oxygen atoms in total. The zero-order valence-electron chi connectivity index (χ0n) is 12.5. The number of alkyl halides is 3. The summed E-state index contributed by atoms with van der Waals surface area (Å²) in [6.07, 6.45) is 2.69. The number of carbonyl (C=O) groups excluding carboxylic acids is 1. The lowest BCUT2D eigenvalue weighted by atomic mass is 9.80. The van der Waals surface area contributed by atoms with Gasteiger partial charge in [-0.25, -0.2) is 8.42 Å². The first-order valence-electron chi connectivity index (χ1n) is 7.64. The van der Waals surface area contributed by atoms with E-state index >= 15 is 0 Å². The molecule has 1 spiro atoms. The fourth-order valence-corrected chi connectivity index (χ4v) is 4.73. The number of hydrogen-bond acceptors (Lipinski definition) is 4. The van der Waals surface area contributed by atoms with Gasteiger partial charge < -0.3 is 9.64 Å². The second kappa shape index (κ2) is 5.59. The maximum Gasteiger partial charge on any atom is 0.511 e. The summed E-state index contributed by atoms with van der Waals surface area (Å²) in [5.74, 6) is 0.0865. The molecule has 3 heterocycles. The van der Waals surface area contributed by atoms with Gasteiger partial charge in [0.25, 0.3) is 0 Å². The Labute approximate surface area is 132 Å². The zero-order valence-corrected chi connectivity index (χ0v) is 13.3. The van der Waals surface area contributed by atoms with E-state index in [1.165, 1.54) is 0 Å². The highest BCUT2D eigenvalue weighted by atomic mass is 32.2. The van der Waals surface area contributed by atoms with Crippen LogP contribution in [0.4, 0.5) is 13.2 Å². The Hall–Kier alpha value is -0.870. The van der Waals surface area contributed by atoms with Crippen molar-refractivity contribution >= 4 is 15.9 Å². The number of rotatable bonds is 4. The summed E-state index contributed by atoms with van der Waals surface area (Å²) in [4.78, 5) is 13.4. The van der Waals surface area contributed by atoms with Gasteiger partial charge in [0.15, 0.2) is 0 Å². The van der Waals surface area contributed by atoms with Crippen molar-refractivity contribution < 1.29 is 31.1 Å². The van der Waals surface area contributed by atoms with E-state index in [4.69, 9.17) is 4.74 Å². The van der Waals surface area contributed by atoms with Crippen LogP contribution in [0, 0.1) is 5.92 Å². The van der Waals surface area contributed by atoms with Gasteiger partial charge in [-0.2, -0.15) is 17.5 Å². The number of nitrogens with zero attached hydrogens (tertiary/aromatic N) is 2. The minimum absolute atomic E-state index is 0.0180. The molecular formula is C13H19F3N2O4S. The van der Waals surface area contributed by atoms with Gasteiger partial charge in [-0.15, -0.1) is 0 Å². The van der Waals surface area contributed by atoms with E-state index in [0.717, 1.165) is 6.42 Å². The first kappa shape index (κ1) is 17.0. The summed E-state index contributed by atoms with van der Waals surface area (Å²) < 4.78 is 66.5. The Morgan fingerprint density at radius 3 is 2.57 bits per heavy atom. The standard InChI is InChI=1S/C13H19F3N2O4S/c14-13(15,16)23(20,21)18-8-12(9-18)10(4-7-22-12)3-6-17-5-1-2-11(17)19/h10H,1-9H2/t10-/m1/s1. The molecule has 1 amide bonds. The lowest BCUT2D eigenvalue weighted by Crippen LogP contribution is -2.67. The van der Waals surface area contributed by atoms with Crippen molar-refractivity contribution in [2.45, 2.75) is 36.8 Å². The molecule has 0 bridgehead atoms. The van der Waals surface area contributed by atoms with Crippen molar-refractivity contribution in [3.8, 4) is 0 Å². The van der Waals surface area contributed by atoms with Crippen LogP contribution in [-0.4, -0.2) is 67.4 Å². The van der Waals surface area contributed by atoms with Gasteiger partial charge in [0, 0.05) is 39.2 Å². The van der Waals surface area contributed by atoms with Gasteiger partial charge in [-0.1, -0.05) is 0 Å². The summed E-state index contributed by atoms with van der Waals surface area (Å²) in [6, 6.07) is 0. The Balaban J connectivity index is 1.59. The molecule has 3 saturated heterocycles. The summed E-state index contributed by atoms with van der Waals surface area (Å²) in [6.45, 7) is 1.17. The fourth-order valence-electron chi connectivity index (χ4n) is 3.66. The molecule has 0 radical (unpaired) electrons. The average Bonchev–Trinajstić information content (AvgIpc) is 2.99. The van der Waals surface area contributed by atoms with Crippen molar-refractivity contribution in [2.24, 2.45) is 5.92 Å². The Morgan fingerprint density at radius 2 is 2.00 bits per heavy atom. The quantitative estimate of drug-likeness (QED) is 0.752. The van der Waals surface area contributed by atoms with Crippen LogP contribution < -0.4 is 0 Å². The number of sulfonamides is 1. The molecule has 0 unspecified atom stereocenters. The lowest BCUT2D eigenvalue weighted by molar-refractivity contribution is -0.129. The predicted octanol–water partition coefficient (Wildman–Crippen LogP) is 0.939. The van der Waals surface area contributed by atoms with Crippen molar-refractivity contribution in [1.82, 2.24) is 9.21 Å². The molecule has 0 aromatic heterocycles. The molecule has 23 heavy (non-hydrogen) atoms. The van der Waals surface area contributed by atoms with Crippen molar-refractivity contribution in [3.05, 3.63) is 0 Å². The highest BCUT2D eigenvalue weighted by Crippen LogP contribution is 2.45. The molecule has 0 aromatic rings. The van der Waals surface area contributed by atoms with Crippen LogP contribution in [0.25, 0.3) is 0 Å². The van der Waals surface area contributed by atoms with Gasteiger partial charge in [0.2, 0.25) is 5.91 Å². The minimum atomic E-state index is -5.28. The molecule has 1 atom stereocenters. The van der Waals surface area contributed by atoms with Gasteiger partial charge in [0.05, 0.1) is 5.60 Å². The summed E-state index contributed by atoms with van der Waals surface area (Å²) >= 11 is 0. The van der Waals surface area contributed by atoms with Crippen LogP contribution in [-0.2, 0) is 19.6 Å². The predicted molar refractivity (Wildman–Crippen MR) is 73.8 cm³/mol. The number of likely N-dealkylation sites (tertiary alicyclic amines) is 1. The summed E-state index contributed by atoms with van der Waals surface area (Å²) in [5.41, 5.74) is -6.09. The molecule has 3 fully saturated rings. The van der Waals surface area contributed by atoms with Crippen LogP contribution in [0.5, 0.6) is 0 Å². The van der Waals surface area contributed by atoms with Gasteiger partial charge >= 0.3 is 15.5 Å². The summed E-state index contributed by atoms with van der Waals surface area (Å²) in [5, 5.41) is 0. The number of hydrogen-bond donors (Lipinski definition) is 0. The topological polar surface area (TPSA) is 66.9 Å². The normalized spacial score (nSPS) is 28.6. The fraction of sp³-hybridized carbons (Fsp3) is 0.923. The molecule has 132 valence electrons. The molecular weight excluding hydrogens is 337 g/mol. The van der Waals surface area contributed by atoms with E-state index in [-0.39, 0.29) is 24.9 Å². The second-order valence-corrected chi connectivity index (χ2v) is 8.32. The SMILES string of the molecule is O=C1CCCN1CC[C@@H]1CCOC12CN(S(=O)(=O)C(F)(F)F)C2. The number of ether oxygens (including phenoxy) is 1. The van der Waals surface area contributed by atoms with Gasteiger partial charge in [-0.3, -0.25) is 4.79 Å². The molecule has 3 aliphatic rings. The van der Waals surface area contributed by atoms with E-state index < -0.39 is 21.1 Å². The van der Waals surface area contributed by atoms with Gasteiger partial charge in [0.1, 0.15) is 0 Å². The number of amides is 1. The summed E-state index contributed by atoms with van der Waals surface area (Å²) in [7, 11) is -5.28. The van der Waals surface area contributed by atoms with Crippen LogP contribution in [0.2, 0.25) is 0 Å². The lowest BCUT2D eigenvalue weighted by Gasteiger charge is -2.49. The van der Waals surface area contributed by atoms with E-state index in [0.29, 0.717) is 43.3 Å². The van der Waals surface area contributed by atoms with Crippen molar-refractivity contribution in [2.75, 3.05) is 32.8 Å². The highest BCUT2D eigenvalue weighted by molar-refractivity contribution is 7.90. The van der Waals surface area contributed by atoms with Crippen molar-refractivity contribution in [1.29, 1.82) is 0 Å². The number of halogens is 3. The zero-order chi connectivity index (χ0) is 16.9. The third-order valence-electron chi connectivity index (χ3n) is 5.04. The third-order valence-corrected chi connectivity index (χ3v) is 6.56. The maximum absolute atomic E-state index is 12.6. The molecule has 3 rings (SSSR count). The third kappa shape index (κ3) is 2.85. The van der Waals surface area contributed by atoms with Crippen molar-refractivity contribution in [3.63, 3.8) is 0 Å². The maximum atomic E-state index is 12.6. The van der Waals surface area contributed by atoms with Crippen LogP contribution in [0.15, 0.2) is 0 Å². The first-order valence-corrected chi connectivity index (χ1v) is 9.08. The highest BCUT2D eigenvalue weighted by Gasteiger charge is 2.61. The first-order chi connectivity index (χ1) is 10.7. The Kier molecular flexibility index (Phi) is 4.13. The van der Waals surface area contributed by atoms with E-state index in [2.05, 4.69) is 0 Å². The molecule has 0 saturated carbocycles. The molecule has 0 aliphatic carbocycles. The number of carbonyl (C=O) groups is 1. The molecule has 3 aliphatic heterocycles. The van der Waals surface area contributed by atoms with Crippen LogP contribution in [0.1, 0.15) is 25.7 Å². The molecule has 0 N–H and O–H groups in total. The Morgan fingerprint density at radius 1 is 1.30 bits per heavy atom. The van der Waals surface area contributed by atoms with E-state index in [1.807, 2.05) is 0 Å². The van der Waals surface area contributed by atoms with E-state index in [9.17, 15) is 26.4 Å². The minimum Gasteiger partial charge on any atom is -0.372 e. The van der Waals surface area contributed by atoms with E-state index in [1.54, 1.807) is 4.90 Å². The smallest absolute Gasteiger partial charge is 0.372 e. The van der Waals surface area contributed by atoms with Crippen LogP contribution >= 0.6 is 0 Å².